The molecule has 0 saturated heterocycles. The van der Waals surface area contributed by atoms with Crippen molar-refractivity contribution in [1.29, 1.82) is 0 Å². The molecule has 1 rings (SSSR count). The van der Waals surface area contributed by atoms with Crippen LogP contribution in [0.1, 0.15) is 39.5 Å². The van der Waals surface area contributed by atoms with Gasteiger partial charge in [0.05, 0.1) is 6.10 Å². The summed E-state index contributed by atoms with van der Waals surface area (Å²) in [7, 11) is 1.86. The molecular weight excluding hydrogens is 162 g/mol. The van der Waals surface area contributed by atoms with E-state index in [2.05, 4.69) is 25.1 Å². The minimum Gasteiger partial charge on any atom is -0.379 e. The van der Waals surface area contributed by atoms with E-state index in [0.717, 1.165) is 6.61 Å². The fourth-order valence-electron chi connectivity index (χ4n) is 2.09. The largest absolute Gasteiger partial charge is 0.379 e. The van der Waals surface area contributed by atoms with E-state index >= 15 is 0 Å². The average molecular weight is 183 g/mol. The molecule has 76 valence electrons. The van der Waals surface area contributed by atoms with Gasteiger partial charge in [0.2, 0.25) is 0 Å². The Hall–Kier alpha value is -0.370. The topological polar surface area (TPSA) is 21.6 Å². The van der Waals surface area contributed by atoms with Crippen molar-refractivity contribution in [2.75, 3.05) is 13.7 Å². The second kappa shape index (κ2) is 4.75. The third-order valence-electron chi connectivity index (χ3n) is 2.92. The van der Waals surface area contributed by atoms with Crippen molar-refractivity contribution >= 4 is 6.21 Å². The van der Waals surface area contributed by atoms with Gasteiger partial charge >= 0.3 is 0 Å². The summed E-state index contributed by atoms with van der Waals surface area (Å²) in [6, 6.07) is 0. The Morgan fingerprint density at radius 1 is 1.46 bits per heavy atom. The van der Waals surface area contributed by atoms with Crippen molar-refractivity contribution in [3.05, 3.63) is 0 Å². The minimum absolute atomic E-state index is 0.336. The van der Waals surface area contributed by atoms with Crippen LogP contribution in [0.5, 0.6) is 0 Å². The van der Waals surface area contributed by atoms with Gasteiger partial charge in [-0.3, -0.25) is 0 Å². The van der Waals surface area contributed by atoms with Crippen molar-refractivity contribution in [3.8, 4) is 0 Å². The van der Waals surface area contributed by atoms with Crippen molar-refractivity contribution in [2.24, 2.45) is 10.4 Å². The van der Waals surface area contributed by atoms with Crippen LogP contribution in [-0.2, 0) is 4.74 Å². The number of hydrogen-bond donors (Lipinski definition) is 0. The standard InChI is InChI=1S/C11H21NO/c1-4-13-10-5-7-11(2,8-6-10)9-12-3/h9-10H,4-8H2,1-3H3/b12-9-. The van der Waals surface area contributed by atoms with Gasteiger partial charge in [-0.2, -0.15) is 0 Å². The maximum absolute atomic E-state index is 5.61. The predicted octanol–water partition coefficient (Wildman–Crippen LogP) is 2.67. The average Bonchev–Trinajstić information content (AvgIpc) is 2.10. The summed E-state index contributed by atoms with van der Waals surface area (Å²) in [4.78, 5) is 4.14. The molecule has 0 atom stereocenters. The molecule has 0 N–H and O–H groups in total. The van der Waals surface area contributed by atoms with Gasteiger partial charge in [-0.1, -0.05) is 6.92 Å². The third kappa shape index (κ3) is 3.11. The third-order valence-corrected chi connectivity index (χ3v) is 2.92. The Morgan fingerprint density at radius 2 is 2.08 bits per heavy atom. The first kappa shape index (κ1) is 10.7. The number of ether oxygens (including phenoxy) is 1. The SMILES string of the molecule is CCOC1CCC(C)(/C=N\C)CC1. The summed E-state index contributed by atoms with van der Waals surface area (Å²) in [6.07, 6.45) is 7.43. The molecule has 0 bridgehead atoms. The maximum atomic E-state index is 5.61. The van der Waals surface area contributed by atoms with Gasteiger partial charge in [0.1, 0.15) is 0 Å². The molecule has 1 aliphatic carbocycles. The first-order chi connectivity index (χ1) is 6.20. The van der Waals surface area contributed by atoms with Gasteiger partial charge < -0.3 is 9.73 Å². The van der Waals surface area contributed by atoms with Crippen LogP contribution in [0, 0.1) is 5.41 Å². The smallest absolute Gasteiger partial charge is 0.0575 e. The minimum atomic E-state index is 0.336. The quantitative estimate of drug-likeness (QED) is 0.616. The number of hydrogen-bond acceptors (Lipinski definition) is 2. The first-order valence-corrected chi connectivity index (χ1v) is 5.25. The lowest BCUT2D eigenvalue weighted by atomic mass is 9.75. The highest BCUT2D eigenvalue weighted by molar-refractivity contribution is 5.65. The Balaban J connectivity index is 2.37. The summed E-state index contributed by atoms with van der Waals surface area (Å²) in [6.45, 7) is 5.21. The maximum Gasteiger partial charge on any atom is 0.0575 e. The van der Waals surface area contributed by atoms with Gasteiger partial charge in [-0.25, -0.2) is 0 Å². The molecule has 0 aromatic carbocycles. The van der Waals surface area contributed by atoms with Crippen LogP contribution in [0.3, 0.4) is 0 Å². The fraction of sp³-hybridized carbons (Fsp3) is 0.909. The predicted molar refractivity (Wildman–Crippen MR) is 56.4 cm³/mol. The highest BCUT2D eigenvalue weighted by Crippen LogP contribution is 2.35. The zero-order valence-electron chi connectivity index (χ0n) is 9.05. The number of rotatable bonds is 3. The lowest BCUT2D eigenvalue weighted by molar-refractivity contribution is 0.0206. The highest BCUT2D eigenvalue weighted by Gasteiger charge is 2.29. The molecule has 1 saturated carbocycles. The second-order valence-corrected chi connectivity index (χ2v) is 4.20. The van der Waals surface area contributed by atoms with Gasteiger partial charge in [0.15, 0.2) is 0 Å². The van der Waals surface area contributed by atoms with Crippen LogP contribution in [0.4, 0.5) is 0 Å². The normalized spacial score (nSPS) is 35.5. The zero-order chi connectivity index (χ0) is 9.73. The van der Waals surface area contributed by atoms with E-state index < -0.39 is 0 Å². The van der Waals surface area contributed by atoms with Crippen LogP contribution in [0.25, 0.3) is 0 Å². The molecule has 0 aromatic heterocycles. The molecule has 0 radical (unpaired) electrons. The molecular formula is C11H21NO. The van der Waals surface area contributed by atoms with E-state index in [1.807, 2.05) is 7.05 Å². The highest BCUT2D eigenvalue weighted by atomic mass is 16.5. The van der Waals surface area contributed by atoms with E-state index in [1.165, 1.54) is 25.7 Å². The first-order valence-electron chi connectivity index (χ1n) is 5.25. The van der Waals surface area contributed by atoms with E-state index in [4.69, 9.17) is 4.74 Å². The van der Waals surface area contributed by atoms with E-state index in [0.29, 0.717) is 11.5 Å². The molecule has 0 amide bonds. The molecule has 0 aliphatic heterocycles. The lowest BCUT2D eigenvalue weighted by Crippen LogP contribution is -2.29. The van der Waals surface area contributed by atoms with Crippen molar-refractivity contribution in [1.82, 2.24) is 0 Å². The van der Waals surface area contributed by atoms with Crippen LogP contribution >= 0.6 is 0 Å². The van der Waals surface area contributed by atoms with Crippen LogP contribution < -0.4 is 0 Å². The summed E-state index contributed by atoms with van der Waals surface area (Å²) in [5.41, 5.74) is 0.336. The van der Waals surface area contributed by atoms with Crippen molar-refractivity contribution in [3.63, 3.8) is 0 Å². The van der Waals surface area contributed by atoms with Crippen LogP contribution in [-0.4, -0.2) is 26.0 Å². The van der Waals surface area contributed by atoms with Gasteiger partial charge in [-0.15, -0.1) is 0 Å². The second-order valence-electron chi connectivity index (χ2n) is 4.20. The molecule has 1 fully saturated rings. The summed E-state index contributed by atoms with van der Waals surface area (Å²) in [5.74, 6) is 0. The van der Waals surface area contributed by atoms with E-state index in [9.17, 15) is 0 Å². The van der Waals surface area contributed by atoms with Gasteiger partial charge in [0.25, 0.3) is 0 Å². The number of nitrogens with zero attached hydrogens (tertiary/aromatic N) is 1. The molecule has 0 spiro atoms. The molecule has 1 aliphatic rings. The molecule has 2 heteroatoms. The Morgan fingerprint density at radius 3 is 2.54 bits per heavy atom. The lowest BCUT2D eigenvalue weighted by Gasteiger charge is -2.34. The van der Waals surface area contributed by atoms with Crippen molar-refractivity contribution in [2.45, 2.75) is 45.6 Å². The fourth-order valence-corrected chi connectivity index (χ4v) is 2.09. The summed E-state index contributed by atoms with van der Waals surface area (Å²) >= 11 is 0. The zero-order valence-corrected chi connectivity index (χ0v) is 9.05. The summed E-state index contributed by atoms with van der Waals surface area (Å²) < 4.78 is 5.61. The molecule has 0 heterocycles. The van der Waals surface area contributed by atoms with Crippen LogP contribution in [0.15, 0.2) is 4.99 Å². The number of aliphatic imine (C=N–C) groups is 1. The monoisotopic (exact) mass is 183 g/mol. The Kier molecular flexibility index (Phi) is 3.91. The Bertz CT molecular complexity index is 169. The van der Waals surface area contributed by atoms with Gasteiger partial charge in [-0.05, 0) is 32.6 Å². The Labute approximate surface area is 81.4 Å². The van der Waals surface area contributed by atoms with E-state index in [-0.39, 0.29) is 0 Å². The van der Waals surface area contributed by atoms with Crippen LogP contribution in [0.2, 0.25) is 0 Å². The van der Waals surface area contributed by atoms with Gasteiger partial charge in [0, 0.05) is 25.3 Å². The summed E-state index contributed by atoms with van der Waals surface area (Å²) in [5, 5.41) is 0. The molecule has 0 aromatic rings. The van der Waals surface area contributed by atoms with E-state index in [1.54, 1.807) is 0 Å². The van der Waals surface area contributed by atoms with Crippen molar-refractivity contribution < 1.29 is 4.74 Å². The molecule has 0 unspecified atom stereocenters. The molecule has 2 nitrogen and oxygen atoms in total. The molecule has 13 heavy (non-hydrogen) atoms.